The Morgan fingerprint density at radius 1 is 1.15 bits per heavy atom. The van der Waals surface area contributed by atoms with Crippen molar-refractivity contribution in [1.82, 2.24) is 5.32 Å². The van der Waals surface area contributed by atoms with E-state index in [1.807, 2.05) is 5.32 Å². The van der Waals surface area contributed by atoms with E-state index in [1.165, 1.54) is 18.2 Å². The fourth-order valence-electron chi connectivity index (χ4n) is 2.95. The van der Waals surface area contributed by atoms with E-state index in [9.17, 15) is 27.6 Å². The van der Waals surface area contributed by atoms with Crippen molar-refractivity contribution in [2.75, 3.05) is 6.61 Å². The summed E-state index contributed by atoms with van der Waals surface area (Å²) in [4.78, 5) is 34.3. The lowest BCUT2D eigenvalue weighted by Crippen LogP contribution is -2.34. The Labute approximate surface area is 186 Å². The Bertz CT molecular complexity index is 1100. The topological polar surface area (TPSA) is 117 Å². The molecule has 1 heterocycles. The zero-order valence-electron chi connectivity index (χ0n) is 17.3. The third-order valence-corrected chi connectivity index (χ3v) is 4.46. The largest absolute Gasteiger partial charge is 0.465 e. The van der Waals surface area contributed by atoms with Gasteiger partial charge in [0.25, 0.3) is 5.91 Å². The van der Waals surface area contributed by atoms with Crippen LogP contribution in [0.4, 0.5) is 18.0 Å². The van der Waals surface area contributed by atoms with Gasteiger partial charge in [-0.2, -0.15) is 13.2 Å². The van der Waals surface area contributed by atoms with E-state index < -0.39 is 41.5 Å². The van der Waals surface area contributed by atoms with Crippen molar-refractivity contribution in [3.63, 3.8) is 0 Å². The molecule has 0 aromatic heterocycles. The van der Waals surface area contributed by atoms with E-state index in [0.717, 1.165) is 18.2 Å². The fourth-order valence-corrected chi connectivity index (χ4v) is 2.95. The Morgan fingerprint density at radius 3 is 2.39 bits per heavy atom. The van der Waals surface area contributed by atoms with E-state index in [2.05, 4.69) is 4.74 Å². The quantitative estimate of drug-likeness (QED) is 0.476. The summed E-state index contributed by atoms with van der Waals surface area (Å²) in [7, 11) is 0. The summed E-state index contributed by atoms with van der Waals surface area (Å²) in [6.07, 6.45) is -4.78. The zero-order chi connectivity index (χ0) is 24.2. The molecule has 1 saturated heterocycles. The number of esters is 1. The van der Waals surface area contributed by atoms with Gasteiger partial charge in [0, 0.05) is 0 Å². The SMILES string of the molecule is CCOC(=O)C(N)Cc1ccc(Oc2ccc(C=C3OC(=O)NC3=O)c(C(F)(F)F)c2)cc1. The van der Waals surface area contributed by atoms with E-state index in [1.54, 1.807) is 19.1 Å². The molecule has 3 rings (SSSR count). The maximum absolute atomic E-state index is 13.6. The number of halogens is 3. The number of imide groups is 1. The average Bonchev–Trinajstić information content (AvgIpc) is 3.06. The molecule has 1 unspecified atom stereocenters. The molecule has 2 aromatic rings. The molecule has 8 nitrogen and oxygen atoms in total. The number of cyclic esters (lactones) is 1. The molecular formula is C22H19F3N2O6. The van der Waals surface area contributed by atoms with E-state index >= 15 is 0 Å². The van der Waals surface area contributed by atoms with E-state index in [-0.39, 0.29) is 30.1 Å². The summed E-state index contributed by atoms with van der Waals surface area (Å²) in [6.45, 7) is 1.89. The van der Waals surface area contributed by atoms with Crippen molar-refractivity contribution in [2.24, 2.45) is 5.73 Å². The van der Waals surface area contributed by atoms with Gasteiger partial charge in [-0.05, 0) is 54.8 Å². The van der Waals surface area contributed by atoms with Gasteiger partial charge in [0.1, 0.15) is 17.5 Å². The Kier molecular flexibility index (Phi) is 7.02. The molecule has 0 radical (unpaired) electrons. The molecule has 11 heteroatoms. The predicted molar refractivity (Wildman–Crippen MR) is 109 cm³/mol. The third kappa shape index (κ3) is 6.10. The fraction of sp³-hybridized carbons (Fsp3) is 0.227. The van der Waals surface area contributed by atoms with Crippen LogP contribution >= 0.6 is 0 Å². The first-order chi connectivity index (χ1) is 15.6. The second kappa shape index (κ2) is 9.74. The maximum atomic E-state index is 13.6. The summed E-state index contributed by atoms with van der Waals surface area (Å²) in [5.74, 6) is -1.86. The Morgan fingerprint density at radius 2 is 1.82 bits per heavy atom. The summed E-state index contributed by atoms with van der Waals surface area (Å²) in [6, 6.07) is 8.62. The number of nitrogens with two attached hydrogens (primary N) is 1. The Hall–Kier alpha value is -3.86. The molecule has 1 fully saturated rings. The number of benzene rings is 2. The number of carbonyl (C=O) groups is 3. The number of hydrogen-bond acceptors (Lipinski definition) is 7. The van der Waals surface area contributed by atoms with Gasteiger partial charge in [0.2, 0.25) is 0 Å². The lowest BCUT2D eigenvalue weighted by atomic mass is 10.1. The van der Waals surface area contributed by atoms with Gasteiger partial charge in [-0.15, -0.1) is 0 Å². The van der Waals surface area contributed by atoms with Crippen LogP contribution in [-0.4, -0.2) is 30.6 Å². The minimum absolute atomic E-state index is 0.103. The summed E-state index contributed by atoms with van der Waals surface area (Å²) < 4.78 is 55.6. The molecule has 0 aliphatic carbocycles. The average molecular weight is 464 g/mol. The highest BCUT2D eigenvalue weighted by Gasteiger charge is 2.35. The third-order valence-electron chi connectivity index (χ3n) is 4.46. The van der Waals surface area contributed by atoms with Gasteiger partial charge in [-0.3, -0.25) is 14.9 Å². The lowest BCUT2D eigenvalue weighted by Gasteiger charge is -2.14. The van der Waals surface area contributed by atoms with Crippen molar-refractivity contribution >= 4 is 24.0 Å². The number of carbonyl (C=O) groups excluding carboxylic acids is 3. The standard InChI is InChI=1S/C22H19F3N2O6/c1-2-31-20(29)17(26)9-12-3-6-14(7-4-12)32-15-8-5-13(16(11-15)22(23,24)25)10-18-19(28)27-21(30)33-18/h3-8,10-11,17H,2,9,26H2,1H3,(H,27,28,30). The van der Waals surface area contributed by atoms with Crippen molar-refractivity contribution < 1.29 is 41.8 Å². The van der Waals surface area contributed by atoms with Gasteiger partial charge in [-0.1, -0.05) is 18.2 Å². The predicted octanol–water partition coefficient (Wildman–Crippen LogP) is 3.54. The molecule has 1 atom stereocenters. The maximum Gasteiger partial charge on any atom is 0.419 e. The van der Waals surface area contributed by atoms with Gasteiger partial charge in [0.05, 0.1) is 12.2 Å². The number of ether oxygens (including phenoxy) is 3. The number of nitrogens with one attached hydrogen (secondary N) is 1. The molecular weight excluding hydrogens is 445 g/mol. The van der Waals surface area contributed by atoms with Crippen molar-refractivity contribution in [3.05, 3.63) is 64.9 Å². The van der Waals surface area contributed by atoms with Crippen LogP contribution in [0.1, 0.15) is 23.6 Å². The van der Waals surface area contributed by atoms with Crippen molar-refractivity contribution in [2.45, 2.75) is 25.6 Å². The summed E-state index contributed by atoms with van der Waals surface area (Å²) in [5, 5.41) is 1.81. The van der Waals surface area contributed by atoms with Crippen LogP contribution in [0.5, 0.6) is 11.5 Å². The van der Waals surface area contributed by atoms with Crippen LogP contribution in [0.25, 0.3) is 6.08 Å². The van der Waals surface area contributed by atoms with Crippen LogP contribution in [-0.2, 0) is 31.7 Å². The molecule has 2 aromatic carbocycles. The van der Waals surface area contributed by atoms with Gasteiger partial charge in [0.15, 0.2) is 5.76 Å². The number of alkyl carbamates (subject to hydrolysis) is 1. The van der Waals surface area contributed by atoms with Gasteiger partial charge in [-0.25, -0.2) is 4.79 Å². The molecule has 1 aliphatic heterocycles. The molecule has 174 valence electrons. The smallest absolute Gasteiger partial charge is 0.419 e. The normalized spacial score (nSPS) is 15.7. The van der Waals surface area contributed by atoms with E-state index in [4.69, 9.17) is 15.2 Å². The van der Waals surface area contributed by atoms with Crippen molar-refractivity contribution in [1.29, 1.82) is 0 Å². The second-order valence-corrected chi connectivity index (χ2v) is 6.91. The summed E-state index contributed by atoms with van der Waals surface area (Å²) >= 11 is 0. The minimum atomic E-state index is -4.77. The van der Waals surface area contributed by atoms with Gasteiger partial charge < -0.3 is 19.9 Å². The molecule has 2 amide bonds. The number of hydrogen-bond donors (Lipinski definition) is 2. The second-order valence-electron chi connectivity index (χ2n) is 6.91. The highest BCUT2D eigenvalue weighted by molar-refractivity contribution is 6.09. The highest BCUT2D eigenvalue weighted by Crippen LogP contribution is 2.36. The van der Waals surface area contributed by atoms with E-state index in [0.29, 0.717) is 5.56 Å². The first-order valence-corrected chi connectivity index (χ1v) is 9.72. The molecule has 0 saturated carbocycles. The first-order valence-electron chi connectivity index (χ1n) is 9.72. The number of rotatable bonds is 7. The van der Waals surface area contributed by atoms with Crippen LogP contribution in [0, 0.1) is 0 Å². The number of alkyl halides is 3. The molecule has 3 N–H and O–H groups in total. The first kappa shape index (κ1) is 23.8. The zero-order valence-corrected chi connectivity index (χ0v) is 17.3. The van der Waals surface area contributed by atoms with Crippen LogP contribution < -0.4 is 15.8 Å². The molecule has 33 heavy (non-hydrogen) atoms. The molecule has 1 aliphatic rings. The van der Waals surface area contributed by atoms with Crippen molar-refractivity contribution in [3.8, 4) is 11.5 Å². The monoisotopic (exact) mass is 464 g/mol. The van der Waals surface area contributed by atoms with Crippen LogP contribution in [0.15, 0.2) is 48.2 Å². The lowest BCUT2D eigenvalue weighted by molar-refractivity contribution is -0.144. The minimum Gasteiger partial charge on any atom is -0.465 e. The Balaban J connectivity index is 1.77. The summed E-state index contributed by atoms with van der Waals surface area (Å²) in [5.41, 5.74) is 5.03. The van der Waals surface area contributed by atoms with Crippen LogP contribution in [0.3, 0.4) is 0 Å². The molecule has 0 spiro atoms. The van der Waals surface area contributed by atoms with Crippen LogP contribution in [0.2, 0.25) is 0 Å². The van der Waals surface area contributed by atoms with Gasteiger partial charge >= 0.3 is 18.2 Å². The molecule has 0 bridgehead atoms. The number of amides is 2. The highest BCUT2D eigenvalue weighted by atomic mass is 19.4.